The van der Waals surface area contributed by atoms with Crippen LogP contribution >= 0.6 is 0 Å². The van der Waals surface area contributed by atoms with Crippen molar-refractivity contribution in [2.75, 3.05) is 6.61 Å². The van der Waals surface area contributed by atoms with Gasteiger partial charge in [0.05, 0.1) is 12.2 Å². The average molecular weight is 537 g/mol. The maximum atomic E-state index is 13.1. The minimum absolute atomic E-state index is 0.117. The zero-order valence-electron chi connectivity index (χ0n) is 22.5. The number of hydrogen-bond donors (Lipinski definition) is 0. The Kier molecular flexibility index (Phi) is 7.26. The molecule has 6 rings (SSSR count). The molecule has 0 radical (unpaired) electrons. The zero-order valence-corrected chi connectivity index (χ0v) is 22.5. The van der Waals surface area contributed by atoms with E-state index in [4.69, 9.17) is 23.7 Å². The van der Waals surface area contributed by atoms with E-state index in [1.54, 1.807) is 24.3 Å². The summed E-state index contributed by atoms with van der Waals surface area (Å²) in [5.74, 6) is -1.31. The highest BCUT2D eigenvalue weighted by molar-refractivity contribution is 5.89. The van der Waals surface area contributed by atoms with Crippen molar-refractivity contribution in [1.29, 1.82) is 0 Å². The molecule has 0 bridgehead atoms. The predicted octanol–water partition coefficient (Wildman–Crippen LogP) is 6.10. The predicted molar refractivity (Wildman–Crippen MR) is 150 cm³/mol. The van der Waals surface area contributed by atoms with Crippen LogP contribution in [-0.4, -0.2) is 43.0 Å². The van der Waals surface area contributed by atoms with Gasteiger partial charge in [-0.05, 0) is 42.7 Å². The molecule has 4 atom stereocenters. The van der Waals surface area contributed by atoms with Gasteiger partial charge in [0, 0.05) is 0 Å². The molecule has 0 aliphatic carbocycles. The van der Waals surface area contributed by atoms with Gasteiger partial charge in [-0.2, -0.15) is 0 Å². The molecule has 0 amide bonds. The standard InChI is InChI=1S/C34H32O6/c1-33(2)39-30-29(38-31(35)24-15-7-3-8-16-24)28(37-32(30)40-33)23-36-34(25-17-9-4-10-18-25,26-19-11-5-12-20-26)27-21-13-6-14-22-27/h3-22,28-30,32H,23H2,1-2H3. The van der Waals surface area contributed by atoms with Crippen molar-refractivity contribution in [1.82, 2.24) is 0 Å². The van der Waals surface area contributed by atoms with E-state index in [1.807, 2.05) is 74.5 Å². The van der Waals surface area contributed by atoms with Gasteiger partial charge in [-0.3, -0.25) is 0 Å². The van der Waals surface area contributed by atoms with E-state index in [0.29, 0.717) is 5.56 Å². The van der Waals surface area contributed by atoms with Crippen LogP contribution in [0.2, 0.25) is 0 Å². The average Bonchev–Trinajstić information content (AvgIpc) is 3.46. The molecule has 0 saturated carbocycles. The summed E-state index contributed by atoms with van der Waals surface area (Å²) in [5.41, 5.74) is 2.42. The van der Waals surface area contributed by atoms with E-state index in [2.05, 4.69) is 36.4 Å². The molecular weight excluding hydrogens is 504 g/mol. The molecule has 2 saturated heterocycles. The maximum absolute atomic E-state index is 13.1. The fourth-order valence-corrected chi connectivity index (χ4v) is 5.56. The number of ether oxygens (including phenoxy) is 5. The molecule has 0 N–H and O–H groups in total. The van der Waals surface area contributed by atoms with Gasteiger partial charge in [0.25, 0.3) is 0 Å². The molecule has 0 spiro atoms. The number of carbonyl (C=O) groups excluding carboxylic acids is 1. The number of benzene rings is 4. The lowest BCUT2D eigenvalue weighted by Crippen LogP contribution is -2.43. The summed E-state index contributed by atoms with van der Waals surface area (Å²) in [4.78, 5) is 13.1. The number of carbonyl (C=O) groups is 1. The second kappa shape index (κ2) is 11.0. The summed E-state index contributed by atoms with van der Waals surface area (Å²) in [6, 6.07) is 39.3. The fourth-order valence-electron chi connectivity index (χ4n) is 5.56. The Morgan fingerprint density at radius 3 is 1.70 bits per heavy atom. The minimum atomic E-state index is -0.945. The quantitative estimate of drug-likeness (QED) is 0.200. The lowest BCUT2D eigenvalue weighted by molar-refractivity contribution is -0.223. The third kappa shape index (κ3) is 5.07. The van der Waals surface area contributed by atoms with Crippen LogP contribution in [0.4, 0.5) is 0 Å². The van der Waals surface area contributed by atoms with Crippen molar-refractivity contribution in [2.45, 2.75) is 49.8 Å². The van der Waals surface area contributed by atoms with Gasteiger partial charge < -0.3 is 23.7 Å². The summed E-state index contributed by atoms with van der Waals surface area (Å²) in [6.45, 7) is 3.76. The van der Waals surface area contributed by atoms with E-state index in [0.717, 1.165) is 16.7 Å². The summed E-state index contributed by atoms with van der Waals surface area (Å²) in [5, 5.41) is 0. The number of rotatable bonds is 8. The van der Waals surface area contributed by atoms with Gasteiger partial charge in [-0.1, -0.05) is 109 Å². The van der Waals surface area contributed by atoms with E-state index in [-0.39, 0.29) is 6.61 Å². The van der Waals surface area contributed by atoms with Gasteiger partial charge in [0.1, 0.15) is 11.7 Å². The van der Waals surface area contributed by atoms with Crippen LogP contribution in [-0.2, 0) is 29.3 Å². The van der Waals surface area contributed by atoms with Crippen molar-refractivity contribution < 1.29 is 28.5 Å². The Bertz CT molecular complexity index is 1310. The van der Waals surface area contributed by atoms with Gasteiger partial charge in [-0.15, -0.1) is 0 Å². The number of fused-ring (bicyclic) bond motifs is 1. The van der Waals surface area contributed by atoms with E-state index < -0.39 is 42.0 Å². The largest absolute Gasteiger partial charge is 0.453 e. The van der Waals surface area contributed by atoms with E-state index >= 15 is 0 Å². The van der Waals surface area contributed by atoms with E-state index in [1.165, 1.54) is 0 Å². The molecule has 2 aliphatic heterocycles. The smallest absolute Gasteiger partial charge is 0.338 e. The van der Waals surface area contributed by atoms with Crippen molar-refractivity contribution in [3.63, 3.8) is 0 Å². The summed E-state index contributed by atoms with van der Waals surface area (Å²) < 4.78 is 31.5. The van der Waals surface area contributed by atoms with Gasteiger partial charge in [-0.25, -0.2) is 4.79 Å². The van der Waals surface area contributed by atoms with Gasteiger partial charge in [0.2, 0.25) is 0 Å². The molecule has 2 aliphatic rings. The summed E-state index contributed by atoms with van der Waals surface area (Å²) >= 11 is 0. The molecule has 4 unspecified atom stereocenters. The maximum Gasteiger partial charge on any atom is 0.338 e. The monoisotopic (exact) mass is 536 g/mol. The van der Waals surface area contributed by atoms with Crippen molar-refractivity contribution >= 4 is 5.97 Å². The van der Waals surface area contributed by atoms with Crippen LogP contribution < -0.4 is 0 Å². The third-order valence-corrected chi connectivity index (χ3v) is 7.34. The van der Waals surface area contributed by atoms with Crippen LogP contribution in [0, 0.1) is 0 Å². The van der Waals surface area contributed by atoms with Gasteiger partial charge in [0.15, 0.2) is 24.3 Å². The number of esters is 1. The SMILES string of the molecule is CC1(C)OC2OC(COC(c3ccccc3)(c3ccccc3)c3ccccc3)C(OC(=O)c3ccccc3)C2O1. The lowest BCUT2D eigenvalue weighted by atomic mass is 9.80. The first-order valence-electron chi connectivity index (χ1n) is 13.5. The first-order valence-corrected chi connectivity index (χ1v) is 13.5. The molecule has 2 heterocycles. The van der Waals surface area contributed by atoms with Crippen LogP contribution in [0.3, 0.4) is 0 Å². The molecule has 4 aromatic rings. The van der Waals surface area contributed by atoms with Crippen molar-refractivity contribution in [2.24, 2.45) is 0 Å². The molecule has 2 fully saturated rings. The highest BCUT2D eigenvalue weighted by Crippen LogP contribution is 2.43. The van der Waals surface area contributed by atoms with Crippen molar-refractivity contribution in [3.05, 3.63) is 144 Å². The first kappa shape index (κ1) is 26.4. The molecular formula is C34H32O6. The van der Waals surface area contributed by atoms with Crippen LogP contribution in [0.25, 0.3) is 0 Å². The summed E-state index contributed by atoms with van der Waals surface area (Å²) in [7, 11) is 0. The first-order chi connectivity index (χ1) is 19.5. The Hall–Kier alpha value is -3.81. The second-order valence-electron chi connectivity index (χ2n) is 10.5. The third-order valence-electron chi connectivity index (χ3n) is 7.34. The Morgan fingerprint density at radius 2 is 1.20 bits per heavy atom. The normalized spacial score (nSPS) is 23.4. The lowest BCUT2D eigenvalue weighted by Gasteiger charge is -2.37. The molecule has 6 heteroatoms. The van der Waals surface area contributed by atoms with Crippen LogP contribution in [0.15, 0.2) is 121 Å². The van der Waals surface area contributed by atoms with Crippen molar-refractivity contribution in [3.8, 4) is 0 Å². The van der Waals surface area contributed by atoms with Crippen LogP contribution in [0.1, 0.15) is 40.9 Å². The Balaban J connectivity index is 1.36. The molecule has 6 nitrogen and oxygen atoms in total. The number of hydrogen-bond acceptors (Lipinski definition) is 6. The molecule has 204 valence electrons. The fraction of sp³-hybridized carbons (Fsp3) is 0.265. The Morgan fingerprint density at radius 1 is 0.725 bits per heavy atom. The molecule has 40 heavy (non-hydrogen) atoms. The second-order valence-corrected chi connectivity index (χ2v) is 10.5. The minimum Gasteiger partial charge on any atom is -0.453 e. The van der Waals surface area contributed by atoms with Crippen LogP contribution in [0.5, 0.6) is 0 Å². The Labute approximate surface area is 234 Å². The highest BCUT2D eigenvalue weighted by Gasteiger charge is 2.57. The molecule has 0 aromatic heterocycles. The summed E-state index contributed by atoms with van der Waals surface area (Å²) in [6.07, 6.45) is -2.64. The van der Waals surface area contributed by atoms with Gasteiger partial charge >= 0.3 is 5.97 Å². The van der Waals surface area contributed by atoms with E-state index in [9.17, 15) is 4.79 Å². The zero-order chi connectivity index (χ0) is 27.6. The topological polar surface area (TPSA) is 63.2 Å². The highest BCUT2D eigenvalue weighted by atomic mass is 16.8. The molecule has 4 aromatic carbocycles.